The standard InChI is InChI=1S/C16H25N3O4S/c1-4-22-16(21)11(2)23-13(20)10-12-18(3)14(17)15(24-12)19-8-6-5-7-9-19/h10-11,15,17H,4-9H2,1-3H3/b12-10+,17-14?/t11-,15?/m1/s1. The Kier molecular flexibility index (Phi) is 6.68. The number of thioether (sulfide) groups is 1. The summed E-state index contributed by atoms with van der Waals surface area (Å²) in [6.45, 7) is 5.38. The van der Waals surface area contributed by atoms with Gasteiger partial charge in [0.05, 0.1) is 17.7 Å². The Hall–Kier alpha value is -1.54. The highest BCUT2D eigenvalue weighted by Crippen LogP contribution is 2.37. The summed E-state index contributed by atoms with van der Waals surface area (Å²) in [6, 6.07) is 0. The van der Waals surface area contributed by atoms with Crippen LogP contribution in [0.15, 0.2) is 11.1 Å². The van der Waals surface area contributed by atoms with E-state index in [2.05, 4.69) is 4.90 Å². The van der Waals surface area contributed by atoms with Crippen molar-refractivity contribution in [2.24, 2.45) is 0 Å². The minimum absolute atomic E-state index is 0.0585. The number of rotatable bonds is 5. The molecule has 0 aromatic heterocycles. The fraction of sp³-hybridized carbons (Fsp3) is 0.688. The minimum atomic E-state index is -0.941. The molecule has 0 amide bonds. The number of piperidine rings is 1. The molecular weight excluding hydrogens is 330 g/mol. The van der Waals surface area contributed by atoms with E-state index in [0.717, 1.165) is 25.9 Å². The van der Waals surface area contributed by atoms with Gasteiger partial charge < -0.3 is 14.4 Å². The average molecular weight is 355 g/mol. The Morgan fingerprint density at radius 1 is 1.38 bits per heavy atom. The van der Waals surface area contributed by atoms with Gasteiger partial charge in [-0.15, -0.1) is 0 Å². The van der Waals surface area contributed by atoms with Gasteiger partial charge in [-0.25, -0.2) is 9.59 Å². The predicted molar refractivity (Wildman–Crippen MR) is 92.6 cm³/mol. The molecular formula is C16H25N3O4S. The number of carbonyl (C=O) groups excluding carboxylic acids is 2. The Morgan fingerprint density at radius 3 is 2.67 bits per heavy atom. The molecule has 2 aliphatic heterocycles. The van der Waals surface area contributed by atoms with Crippen molar-refractivity contribution in [2.75, 3.05) is 26.7 Å². The summed E-state index contributed by atoms with van der Waals surface area (Å²) in [5, 5.41) is 8.89. The highest BCUT2D eigenvalue weighted by atomic mass is 32.2. The van der Waals surface area contributed by atoms with Gasteiger partial charge in [0, 0.05) is 7.05 Å². The second-order valence-electron chi connectivity index (χ2n) is 5.82. The first-order valence-electron chi connectivity index (χ1n) is 8.25. The van der Waals surface area contributed by atoms with Crippen LogP contribution in [0.4, 0.5) is 0 Å². The maximum atomic E-state index is 12.0. The lowest BCUT2D eigenvalue weighted by molar-refractivity contribution is -0.163. The molecule has 1 N–H and O–H groups in total. The lowest BCUT2D eigenvalue weighted by Crippen LogP contribution is -2.42. The van der Waals surface area contributed by atoms with Gasteiger partial charge in [0.15, 0.2) is 6.10 Å². The van der Waals surface area contributed by atoms with Crippen LogP contribution in [0.25, 0.3) is 0 Å². The van der Waals surface area contributed by atoms with E-state index in [0.29, 0.717) is 10.9 Å². The quantitative estimate of drug-likeness (QED) is 0.594. The van der Waals surface area contributed by atoms with E-state index < -0.39 is 18.0 Å². The Labute approximate surface area is 146 Å². The van der Waals surface area contributed by atoms with Crippen molar-refractivity contribution in [3.63, 3.8) is 0 Å². The fourth-order valence-corrected chi connectivity index (χ4v) is 3.96. The predicted octanol–water partition coefficient (Wildman–Crippen LogP) is 1.79. The SMILES string of the molecule is CCOC(=O)[C@@H](C)OC(=O)/C=C1/SC(N2CCCCC2)C(=N)N1C. The minimum Gasteiger partial charge on any atom is -0.463 e. The molecule has 24 heavy (non-hydrogen) atoms. The Morgan fingerprint density at radius 2 is 2.04 bits per heavy atom. The number of hydrogen-bond donors (Lipinski definition) is 1. The summed E-state index contributed by atoms with van der Waals surface area (Å²) in [6.07, 6.45) is 3.93. The molecule has 0 aromatic rings. The normalized spacial score (nSPS) is 25.0. The molecule has 8 heteroatoms. The number of amidine groups is 1. The highest BCUT2D eigenvalue weighted by molar-refractivity contribution is 8.04. The highest BCUT2D eigenvalue weighted by Gasteiger charge is 2.36. The zero-order valence-electron chi connectivity index (χ0n) is 14.4. The Balaban J connectivity index is 1.97. The van der Waals surface area contributed by atoms with Crippen LogP contribution >= 0.6 is 11.8 Å². The zero-order chi connectivity index (χ0) is 17.7. The number of nitrogens with one attached hydrogen (secondary N) is 1. The van der Waals surface area contributed by atoms with Crippen molar-refractivity contribution >= 4 is 29.5 Å². The second kappa shape index (κ2) is 8.53. The van der Waals surface area contributed by atoms with E-state index in [9.17, 15) is 9.59 Å². The molecule has 0 saturated carbocycles. The molecule has 2 heterocycles. The number of esters is 2. The van der Waals surface area contributed by atoms with Gasteiger partial charge in [-0.2, -0.15) is 0 Å². The maximum absolute atomic E-state index is 12.0. The first-order valence-corrected chi connectivity index (χ1v) is 9.13. The van der Waals surface area contributed by atoms with Crippen molar-refractivity contribution < 1.29 is 19.1 Å². The Bertz CT molecular complexity index is 531. The van der Waals surface area contributed by atoms with Crippen molar-refractivity contribution in [2.45, 2.75) is 44.6 Å². The number of nitrogens with zero attached hydrogens (tertiary/aromatic N) is 2. The third-order valence-electron chi connectivity index (χ3n) is 4.03. The van der Waals surface area contributed by atoms with Gasteiger partial charge in [0.25, 0.3) is 0 Å². The molecule has 0 aromatic carbocycles. The van der Waals surface area contributed by atoms with Gasteiger partial charge in [-0.3, -0.25) is 10.3 Å². The molecule has 7 nitrogen and oxygen atoms in total. The molecule has 0 bridgehead atoms. The van der Waals surface area contributed by atoms with E-state index in [1.807, 2.05) is 0 Å². The van der Waals surface area contributed by atoms with Crippen LogP contribution in [0, 0.1) is 5.41 Å². The molecule has 0 radical (unpaired) electrons. The summed E-state index contributed by atoms with van der Waals surface area (Å²) >= 11 is 1.48. The first kappa shape index (κ1) is 18.8. The molecule has 2 aliphatic rings. The molecule has 1 unspecified atom stereocenters. The number of hydrogen-bond acceptors (Lipinski definition) is 7. The van der Waals surface area contributed by atoms with Crippen molar-refractivity contribution in [3.8, 4) is 0 Å². The third-order valence-corrected chi connectivity index (χ3v) is 5.41. The van der Waals surface area contributed by atoms with Crippen LogP contribution in [-0.2, 0) is 19.1 Å². The summed E-state index contributed by atoms with van der Waals surface area (Å²) in [7, 11) is 1.77. The molecule has 2 rings (SSSR count). The monoisotopic (exact) mass is 355 g/mol. The van der Waals surface area contributed by atoms with Crippen molar-refractivity contribution in [1.29, 1.82) is 5.41 Å². The van der Waals surface area contributed by atoms with Crippen molar-refractivity contribution in [1.82, 2.24) is 9.80 Å². The van der Waals surface area contributed by atoms with E-state index in [-0.39, 0.29) is 12.0 Å². The van der Waals surface area contributed by atoms with Gasteiger partial charge in [0.2, 0.25) is 0 Å². The van der Waals surface area contributed by atoms with Crippen LogP contribution in [0.5, 0.6) is 0 Å². The lowest BCUT2D eigenvalue weighted by Gasteiger charge is -2.30. The number of ether oxygens (including phenoxy) is 2. The fourth-order valence-electron chi connectivity index (χ4n) is 2.68. The topological polar surface area (TPSA) is 82.9 Å². The summed E-state index contributed by atoms with van der Waals surface area (Å²) in [5.74, 6) is -0.688. The van der Waals surface area contributed by atoms with E-state index in [4.69, 9.17) is 14.9 Å². The lowest BCUT2D eigenvalue weighted by atomic mass is 10.1. The van der Waals surface area contributed by atoms with E-state index >= 15 is 0 Å². The smallest absolute Gasteiger partial charge is 0.347 e. The molecule has 134 valence electrons. The van der Waals surface area contributed by atoms with Gasteiger partial charge in [0.1, 0.15) is 11.2 Å². The van der Waals surface area contributed by atoms with E-state index in [1.54, 1.807) is 18.9 Å². The summed E-state index contributed by atoms with van der Waals surface area (Å²) in [5.41, 5.74) is 0. The number of likely N-dealkylation sites (N-methyl/N-ethyl adjacent to an activating group) is 1. The van der Waals surface area contributed by atoms with Gasteiger partial charge >= 0.3 is 11.9 Å². The molecule has 0 spiro atoms. The van der Waals surface area contributed by atoms with Crippen LogP contribution in [-0.4, -0.2) is 65.8 Å². The van der Waals surface area contributed by atoms with Gasteiger partial charge in [-0.1, -0.05) is 18.2 Å². The first-order chi connectivity index (χ1) is 11.4. The van der Waals surface area contributed by atoms with Crippen LogP contribution in [0.2, 0.25) is 0 Å². The number of carbonyl (C=O) groups is 2. The van der Waals surface area contributed by atoms with Crippen LogP contribution < -0.4 is 0 Å². The van der Waals surface area contributed by atoms with Crippen molar-refractivity contribution in [3.05, 3.63) is 11.1 Å². The zero-order valence-corrected chi connectivity index (χ0v) is 15.2. The summed E-state index contributed by atoms with van der Waals surface area (Å²) in [4.78, 5) is 27.5. The number of likely N-dealkylation sites (tertiary alicyclic amines) is 1. The second-order valence-corrected chi connectivity index (χ2v) is 6.93. The molecule has 0 aliphatic carbocycles. The maximum Gasteiger partial charge on any atom is 0.347 e. The third kappa shape index (κ3) is 4.51. The molecule has 2 atom stereocenters. The van der Waals surface area contributed by atoms with Crippen LogP contribution in [0.1, 0.15) is 33.1 Å². The molecule has 2 fully saturated rings. The van der Waals surface area contributed by atoms with E-state index in [1.165, 1.54) is 31.2 Å². The summed E-state index contributed by atoms with van der Waals surface area (Å²) < 4.78 is 9.89. The molecule has 2 saturated heterocycles. The average Bonchev–Trinajstić information content (AvgIpc) is 2.84. The largest absolute Gasteiger partial charge is 0.463 e. The van der Waals surface area contributed by atoms with Crippen LogP contribution in [0.3, 0.4) is 0 Å². The van der Waals surface area contributed by atoms with Gasteiger partial charge in [-0.05, 0) is 39.8 Å².